The van der Waals surface area contributed by atoms with Crippen molar-refractivity contribution in [2.45, 2.75) is 13.1 Å². The Labute approximate surface area is 229 Å². The molecule has 4 heterocycles. The second-order valence-corrected chi connectivity index (χ2v) is 9.65. The maximum Gasteiger partial charge on any atom is 0.159 e. The van der Waals surface area contributed by atoms with Crippen LogP contribution in [0.1, 0.15) is 11.1 Å². The summed E-state index contributed by atoms with van der Waals surface area (Å²) in [6.45, 7) is 1.51. The molecule has 0 radical (unpaired) electrons. The highest BCUT2D eigenvalue weighted by Crippen LogP contribution is 2.33. The normalized spacial score (nSPS) is 11.4. The molecule has 0 saturated heterocycles. The van der Waals surface area contributed by atoms with E-state index in [1.807, 2.05) is 36.7 Å². The number of hydrogen-bond acceptors (Lipinski definition) is 5. The predicted molar refractivity (Wildman–Crippen MR) is 155 cm³/mol. The molecule has 7 aromatic rings. The van der Waals surface area contributed by atoms with E-state index in [1.54, 1.807) is 30.6 Å². The SMILES string of the molecule is Fc1ccccc1-c1cncc2[nH]c(-c3n[nH]c4ccc(-c5cncc(CNCc6ccccc6)c5)cc34)nc12. The molecule has 194 valence electrons. The van der Waals surface area contributed by atoms with Crippen LogP contribution in [0.25, 0.3) is 55.7 Å². The van der Waals surface area contributed by atoms with Gasteiger partial charge in [-0.15, -0.1) is 0 Å². The van der Waals surface area contributed by atoms with Crippen LogP contribution in [0.4, 0.5) is 4.39 Å². The lowest BCUT2D eigenvalue weighted by Gasteiger charge is -2.07. The Kier molecular flexibility index (Phi) is 6.07. The second kappa shape index (κ2) is 10.2. The summed E-state index contributed by atoms with van der Waals surface area (Å²) < 4.78 is 14.6. The molecule has 40 heavy (non-hydrogen) atoms. The fourth-order valence-corrected chi connectivity index (χ4v) is 4.99. The fraction of sp³-hybridized carbons (Fsp3) is 0.0625. The van der Waals surface area contributed by atoms with Crippen molar-refractivity contribution in [2.75, 3.05) is 0 Å². The number of imidazole rings is 1. The first-order valence-corrected chi connectivity index (χ1v) is 13.0. The van der Waals surface area contributed by atoms with Crippen LogP contribution < -0.4 is 5.32 Å². The Balaban J connectivity index is 1.21. The first kappa shape index (κ1) is 23.9. The van der Waals surface area contributed by atoms with Gasteiger partial charge in [0.2, 0.25) is 0 Å². The molecule has 3 aromatic carbocycles. The maximum atomic E-state index is 14.6. The van der Waals surface area contributed by atoms with Gasteiger partial charge in [0.1, 0.15) is 17.0 Å². The summed E-state index contributed by atoms with van der Waals surface area (Å²) >= 11 is 0. The summed E-state index contributed by atoms with van der Waals surface area (Å²) in [6.07, 6.45) is 7.09. The Hall–Kier alpha value is -5.21. The average molecular weight is 526 g/mol. The number of H-pyrrole nitrogens is 2. The molecule has 3 N–H and O–H groups in total. The van der Waals surface area contributed by atoms with Crippen molar-refractivity contribution in [3.8, 4) is 33.8 Å². The Morgan fingerprint density at radius 2 is 1.52 bits per heavy atom. The van der Waals surface area contributed by atoms with Gasteiger partial charge in [-0.2, -0.15) is 5.10 Å². The molecule has 0 spiro atoms. The number of nitrogens with zero attached hydrogens (tertiary/aromatic N) is 4. The molecule has 0 fully saturated rings. The van der Waals surface area contributed by atoms with Crippen LogP contribution >= 0.6 is 0 Å². The number of aromatic amines is 2. The van der Waals surface area contributed by atoms with E-state index in [1.165, 1.54) is 11.6 Å². The zero-order valence-electron chi connectivity index (χ0n) is 21.4. The van der Waals surface area contributed by atoms with Crippen LogP contribution in [-0.4, -0.2) is 30.1 Å². The zero-order valence-corrected chi connectivity index (χ0v) is 21.4. The summed E-state index contributed by atoms with van der Waals surface area (Å²) in [5, 5.41) is 12.1. The quantitative estimate of drug-likeness (QED) is 0.216. The van der Waals surface area contributed by atoms with Gasteiger partial charge in [0.05, 0.1) is 17.2 Å². The van der Waals surface area contributed by atoms with Gasteiger partial charge < -0.3 is 10.3 Å². The molecule has 7 rings (SSSR count). The number of benzene rings is 3. The smallest absolute Gasteiger partial charge is 0.159 e. The lowest BCUT2D eigenvalue weighted by molar-refractivity contribution is 0.631. The first-order chi connectivity index (χ1) is 19.7. The summed E-state index contributed by atoms with van der Waals surface area (Å²) in [7, 11) is 0. The van der Waals surface area contributed by atoms with E-state index in [9.17, 15) is 4.39 Å². The van der Waals surface area contributed by atoms with Crippen LogP contribution in [-0.2, 0) is 13.1 Å². The Morgan fingerprint density at radius 3 is 2.42 bits per heavy atom. The van der Waals surface area contributed by atoms with E-state index >= 15 is 0 Å². The Morgan fingerprint density at radius 1 is 0.700 bits per heavy atom. The minimum atomic E-state index is -0.317. The largest absolute Gasteiger partial charge is 0.335 e. The molecular formula is C32H24FN7. The number of hydrogen-bond donors (Lipinski definition) is 3. The molecule has 4 aromatic heterocycles. The van der Waals surface area contributed by atoms with Gasteiger partial charge in [0.15, 0.2) is 5.82 Å². The lowest BCUT2D eigenvalue weighted by atomic mass is 10.0. The monoisotopic (exact) mass is 525 g/mol. The van der Waals surface area contributed by atoms with Crippen LogP contribution in [0, 0.1) is 5.82 Å². The fourth-order valence-electron chi connectivity index (χ4n) is 4.99. The first-order valence-electron chi connectivity index (χ1n) is 13.0. The summed E-state index contributed by atoms with van der Waals surface area (Å²) in [4.78, 5) is 17.0. The molecule has 0 aliphatic heterocycles. The maximum absolute atomic E-state index is 14.6. The van der Waals surface area contributed by atoms with Crippen molar-refractivity contribution >= 4 is 21.9 Å². The molecule has 0 aliphatic carbocycles. The van der Waals surface area contributed by atoms with Gasteiger partial charge in [0.25, 0.3) is 0 Å². The van der Waals surface area contributed by atoms with E-state index in [-0.39, 0.29) is 5.82 Å². The number of rotatable bonds is 7. The predicted octanol–water partition coefficient (Wildman–Crippen LogP) is 6.66. The van der Waals surface area contributed by atoms with Crippen molar-refractivity contribution < 1.29 is 4.39 Å². The third-order valence-electron chi connectivity index (χ3n) is 6.97. The third-order valence-corrected chi connectivity index (χ3v) is 6.97. The summed E-state index contributed by atoms with van der Waals surface area (Å²) in [6, 6.07) is 25.3. The van der Waals surface area contributed by atoms with E-state index in [4.69, 9.17) is 4.98 Å². The standard InChI is InChI=1S/C32H24FN7/c33-27-9-5-4-8-24(27)26-18-36-19-29-30(26)38-32(37-29)31-25-13-22(10-11-28(25)39-40-31)23-12-21(16-35-17-23)15-34-14-20-6-2-1-3-7-20/h1-13,16-19,34H,14-15H2,(H,37,38)(H,39,40). The molecule has 8 heteroatoms. The number of pyridine rings is 2. The van der Waals surface area contributed by atoms with E-state index in [0.717, 1.165) is 34.1 Å². The van der Waals surface area contributed by atoms with E-state index < -0.39 is 0 Å². The van der Waals surface area contributed by atoms with Crippen molar-refractivity contribution in [2.24, 2.45) is 0 Å². The highest BCUT2D eigenvalue weighted by atomic mass is 19.1. The van der Waals surface area contributed by atoms with Crippen molar-refractivity contribution in [3.05, 3.63) is 121 Å². The summed E-state index contributed by atoms with van der Waals surface area (Å²) in [5.41, 5.74) is 8.40. The van der Waals surface area contributed by atoms with Gasteiger partial charge in [-0.3, -0.25) is 15.1 Å². The molecule has 0 atom stereocenters. The number of fused-ring (bicyclic) bond motifs is 2. The molecule has 0 unspecified atom stereocenters. The van der Waals surface area contributed by atoms with Crippen molar-refractivity contribution in [1.82, 2.24) is 35.5 Å². The van der Waals surface area contributed by atoms with Crippen molar-refractivity contribution in [3.63, 3.8) is 0 Å². The van der Waals surface area contributed by atoms with E-state index in [2.05, 4.69) is 60.8 Å². The van der Waals surface area contributed by atoms with Gasteiger partial charge in [-0.25, -0.2) is 9.37 Å². The molecule has 0 bridgehead atoms. The van der Waals surface area contributed by atoms with Crippen molar-refractivity contribution in [1.29, 1.82) is 0 Å². The average Bonchev–Trinajstić information content (AvgIpc) is 3.62. The summed E-state index contributed by atoms with van der Waals surface area (Å²) in [5.74, 6) is 0.267. The van der Waals surface area contributed by atoms with Crippen LogP contribution in [0.5, 0.6) is 0 Å². The number of halogens is 1. The third kappa shape index (κ3) is 4.50. The van der Waals surface area contributed by atoms with Crippen LogP contribution in [0.2, 0.25) is 0 Å². The van der Waals surface area contributed by atoms with E-state index in [0.29, 0.717) is 40.2 Å². The van der Waals surface area contributed by atoms with Gasteiger partial charge >= 0.3 is 0 Å². The minimum absolute atomic E-state index is 0.317. The molecular weight excluding hydrogens is 501 g/mol. The lowest BCUT2D eigenvalue weighted by Crippen LogP contribution is -2.12. The highest BCUT2D eigenvalue weighted by molar-refractivity contribution is 5.98. The van der Waals surface area contributed by atoms with Crippen LogP contribution in [0.3, 0.4) is 0 Å². The second-order valence-electron chi connectivity index (χ2n) is 9.65. The molecule has 0 amide bonds. The topological polar surface area (TPSA) is 95.2 Å². The minimum Gasteiger partial charge on any atom is -0.335 e. The molecule has 0 aliphatic rings. The van der Waals surface area contributed by atoms with Gasteiger partial charge in [0, 0.05) is 53.8 Å². The zero-order chi connectivity index (χ0) is 26.9. The van der Waals surface area contributed by atoms with Gasteiger partial charge in [-0.05, 0) is 41.0 Å². The van der Waals surface area contributed by atoms with Crippen LogP contribution in [0.15, 0.2) is 104 Å². The van der Waals surface area contributed by atoms with Gasteiger partial charge in [-0.1, -0.05) is 54.6 Å². The number of nitrogens with one attached hydrogen (secondary N) is 3. The highest BCUT2D eigenvalue weighted by Gasteiger charge is 2.17. The molecule has 7 nitrogen and oxygen atoms in total. The number of aromatic nitrogens is 6. The Bertz CT molecular complexity index is 1960. The molecule has 0 saturated carbocycles.